The maximum absolute atomic E-state index is 10.00. The van der Waals surface area contributed by atoms with Crippen LogP contribution in [-0.2, 0) is 4.79 Å². The van der Waals surface area contributed by atoms with Crippen molar-refractivity contribution in [3.8, 4) is 11.8 Å². The average Bonchev–Trinajstić information content (AvgIpc) is 2.19. The van der Waals surface area contributed by atoms with Crippen molar-refractivity contribution in [3.05, 3.63) is 18.0 Å². The molecule has 0 aliphatic rings. The van der Waals surface area contributed by atoms with Crippen LogP contribution in [0.2, 0.25) is 0 Å². The SMILES string of the molecule is CN(C)c1ncc(C#CCC=O)cn1. The predicted octanol–water partition coefficient (Wildman–Crippen LogP) is 0.483. The Morgan fingerprint density at radius 3 is 2.57 bits per heavy atom. The van der Waals surface area contributed by atoms with Crippen LogP contribution in [-0.4, -0.2) is 30.3 Å². The van der Waals surface area contributed by atoms with E-state index in [1.807, 2.05) is 19.0 Å². The van der Waals surface area contributed by atoms with Crippen LogP contribution >= 0.6 is 0 Å². The smallest absolute Gasteiger partial charge is 0.224 e. The Bertz CT molecular complexity index is 359. The molecule has 0 amide bonds. The van der Waals surface area contributed by atoms with E-state index in [0.29, 0.717) is 5.95 Å². The molecule has 1 rings (SSSR count). The maximum Gasteiger partial charge on any atom is 0.224 e. The van der Waals surface area contributed by atoms with Crippen LogP contribution in [0.3, 0.4) is 0 Å². The zero-order valence-corrected chi connectivity index (χ0v) is 8.19. The van der Waals surface area contributed by atoms with Gasteiger partial charge in [-0.05, 0) is 0 Å². The second-order valence-corrected chi connectivity index (χ2v) is 2.84. The summed E-state index contributed by atoms with van der Waals surface area (Å²) in [5.41, 5.74) is 0.720. The molecule has 1 aromatic heterocycles. The van der Waals surface area contributed by atoms with Crippen molar-refractivity contribution in [3.63, 3.8) is 0 Å². The molecule has 1 heterocycles. The fourth-order valence-corrected chi connectivity index (χ4v) is 0.811. The molecule has 0 atom stereocenters. The minimum Gasteiger partial charge on any atom is -0.347 e. The number of hydrogen-bond donors (Lipinski definition) is 0. The summed E-state index contributed by atoms with van der Waals surface area (Å²) in [4.78, 5) is 20.0. The second kappa shape index (κ2) is 4.97. The van der Waals surface area contributed by atoms with Gasteiger partial charge in [0.25, 0.3) is 0 Å². The van der Waals surface area contributed by atoms with Gasteiger partial charge < -0.3 is 9.69 Å². The molecule has 0 unspecified atom stereocenters. The molecule has 14 heavy (non-hydrogen) atoms. The van der Waals surface area contributed by atoms with E-state index in [1.165, 1.54) is 0 Å². The number of carbonyl (C=O) groups is 1. The third-order valence-electron chi connectivity index (χ3n) is 1.46. The van der Waals surface area contributed by atoms with Crippen LogP contribution in [0.1, 0.15) is 12.0 Å². The molecule has 0 aromatic carbocycles. The highest BCUT2D eigenvalue weighted by molar-refractivity contribution is 5.54. The van der Waals surface area contributed by atoms with Gasteiger partial charge in [0, 0.05) is 26.5 Å². The summed E-state index contributed by atoms with van der Waals surface area (Å²) in [5.74, 6) is 6.12. The molecule has 72 valence electrons. The lowest BCUT2D eigenvalue weighted by Crippen LogP contribution is -2.12. The molecule has 0 N–H and O–H groups in total. The number of hydrogen-bond acceptors (Lipinski definition) is 4. The average molecular weight is 189 g/mol. The molecular formula is C10H11N3O. The van der Waals surface area contributed by atoms with Crippen LogP contribution in [0.4, 0.5) is 5.95 Å². The van der Waals surface area contributed by atoms with Crippen molar-refractivity contribution >= 4 is 12.2 Å². The van der Waals surface area contributed by atoms with E-state index in [9.17, 15) is 4.79 Å². The molecule has 4 heteroatoms. The molecule has 1 aromatic rings. The first kappa shape index (κ1) is 10.2. The molecule has 0 saturated heterocycles. The Morgan fingerprint density at radius 1 is 1.43 bits per heavy atom. The second-order valence-electron chi connectivity index (χ2n) is 2.84. The molecule has 0 aliphatic carbocycles. The van der Waals surface area contributed by atoms with Crippen LogP contribution in [0, 0.1) is 11.8 Å². The van der Waals surface area contributed by atoms with Crippen molar-refractivity contribution in [2.24, 2.45) is 0 Å². The van der Waals surface area contributed by atoms with Gasteiger partial charge in [0.2, 0.25) is 5.95 Å². The predicted molar refractivity (Wildman–Crippen MR) is 53.9 cm³/mol. The summed E-state index contributed by atoms with van der Waals surface area (Å²) < 4.78 is 0. The van der Waals surface area contributed by atoms with Crippen LogP contribution in [0.25, 0.3) is 0 Å². The van der Waals surface area contributed by atoms with Gasteiger partial charge >= 0.3 is 0 Å². The molecule has 4 nitrogen and oxygen atoms in total. The van der Waals surface area contributed by atoms with Crippen LogP contribution < -0.4 is 4.90 Å². The van der Waals surface area contributed by atoms with Crippen molar-refractivity contribution in [1.82, 2.24) is 9.97 Å². The number of anilines is 1. The summed E-state index contributed by atoms with van der Waals surface area (Å²) in [5, 5.41) is 0. The first-order valence-corrected chi connectivity index (χ1v) is 4.16. The Kier molecular flexibility index (Phi) is 3.62. The highest BCUT2D eigenvalue weighted by atomic mass is 16.1. The fraction of sp³-hybridized carbons (Fsp3) is 0.300. The maximum atomic E-state index is 10.00. The van der Waals surface area contributed by atoms with E-state index >= 15 is 0 Å². The Hall–Kier alpha value is -1.89. The highest BCUT2D eigenvalue weighted by Gasteiger charge is 1.96. The van der Waals surface area contributed by atoms with Gasteiger partial charge in [-0.1, -0.05) is 11.8 Å². The first-order chi connectivity index (χ1) is 6.74. The summed E-state index contributed by atoms with van der Waals surface area (Å²) >= 11 is 0. The zero-order chi connectivity index (χ0) is 10.4. The number of aldehydes is 1. The molecule has 0 spiro atoms. The number of nitrogens with zero attached hydrogens (tertiary/aromatic N) is 3. The van der Waals surface area contributed by atoms with E-state index in [0.717, 1.165) is 11.8 Å². The van der Waals surface area contributed by atoms with Gasteiger partial charge in [-0.25, -0.2) is 9.97 Å². The summed E-state index contributed by atoms with van der Waals surface area (Å²) in [6.45, 7) is 0. The minimum atomic E-state index is 0.245. The lowest BCUT2D eigenvalue weighted by molar-refractivity contribution is -0.107. The number of carbonyl (C=O) groups excluding carboxylic acids is 1. The van der Waals surface area contributed by atoms with Gasteiger partial charge in [-0.3, -0.25) is 0 Å². The third-order valence-corrected chi connectivity index (χ3v) is 1.46. The summed E-state index contributed by atoms with van der Waals surface area (Å²) in [6.07, 6.45) is 4.29. The lowest BCUT2D eigenvalue weighted by atomic mass is 10.3. The highest BCUT2D eigenvalue weighted by Crippen LogP contribution is 2.01. The van der Waals surface area contributed by atoms with Crippen molar-refractivity contribution in [2.75, 3.05) is 19.0 Å². The number of aromatic nitrogens is 2. The van der Waals surface area contributed by atoms with Gasteiger partial charge in [0.05, 0.1) is 12.0 Å². The zero-order valence-electron chi connectivity index (χ0n) is 8.19. The Labute approximate surface area is 83.0 Å². The van der Waals surface area contributed by atoms with E-state index in [1.54, 1.807) is 12.4 Å². The molecule has 0 saturated carbocycles. The Balaban J connectivity index is 2.75. The fourth-order valence-electron chi connectivity index (χ4n) is 0.811. The van der Waals surface area contributed by atoms with Gasteiger partial charge in [0.1, 0.15) is 6.29 Å². The molecule has 0 fully saturated rings. The van der Waals surface area contributed by atoms with E-state index < -0.39 is 0 Å². The van der Waals surface area contributed by atoms with E-state index in [2.05, 4.69) is 21.8 Å². The van der Waals surface area contributed by atoms with E-state index in [4.69, 9.17) is 0 Å². The first-order valence-electron chi connectivity index (χ1n) is 4.16. The summed E-state index contributed by atoms with van der Waals surface area (Å²) in [6, 6.07) is 0. The van der Waals surface area contributed by atoms with Crippen molar-refractivity contribution in [2.45, 2.75) is 6.42 Å². The largest absolute Gasteiger partial charge is 0.347 e. The molecule has 0 radical (unpaired) electrons. The molecular weight excluding hydrogens is 178 g/mol. The normalized spacial score (nSPS) is 8.71. The third kappa shape index (κ3) is 2.87. The van der Waals surface area contributed by atoms with Crippen molar-refractivity contribution < 1.29 is 4.79 Å². The van der Waals surface area contributed by atoms with E-state index in [-0.39, 0.29) is 6.42 Å². The van der Waals surface area contributed by atoms with Crippen LogP contribution in [0.15, 0.2) is 12.4 Å². The minimum absolute atomic E-state index is 0.245. The molecule has 0 aliphatic heterocycles. The van der Waals surface area contributed by atoms with Gasteiger partial charge in [0.15, 0.2) is 0 Å². The summed E-state index contributed by atoms with van der Waals surface area (Å²) in [7, 11) is 3.74. The molecule has 0 bridgehead atoms. The van der Waals surface area contributed by atoms with Gasteiger partial charge in [-0.2, -0.15) is 0 Å². The standard InChI is InChI=1S/C10H11N3O/c1-13(2)10-11-7-9(8-12-10)5-3-4-6-14/h6-8H,4H2,1-2H3. The van der Waals surface area contributed by atoms with Crippen molar-refractivity contribution in [1.29, 1.82) is 0 Å². The van der Waals surface area contributed by atoms with Gasteiger partial charge in [-0.15, -0.1) is 0 Å². The quantitative estimate of drug-likeness (QED) is 0.501. The number of rotatable bonds is 2. The lowest BCUT2D eigenvalue weighted by Gasteiger charge is -2.07. The Morgan fingerprint density at radius 2 is 2.07 bits per heavy atom. The van der Waals surface area contributed by atoms with Crippen LogP contribution in [0.5, 0.6) is 0 Å². The topological polar surface area (TPSA) is 46.1 Å². The monoisotopic (exact) mass is 189 g/mol.